The highest BCUT2D eigenvalue weighted by Gasteiger charge is 2.23. The second-order valence-corrected chi connectivity index (χ2v) is 2.59. The zero-order valence-electron chi connectivity index (χ0n) is 6.55. The molecule has 1 unspecified atom stereocenters. The second-order valence-electron chi connectivity index (χ2n) is 2.59. The van der Waals surface area contributed by atoms with E-state index in [0.717, 1.165) is 0 Å². The Labute approximate surface area is 65.1 Å². The van der Waals surface area contributed by atoms with Crippen molar-refractivity contribution in [3.63, 3.8) is 0 Å². The predicted octanol–water partition coefficient (Wildman–Crippen LogP) is 0.203. The molecule has 1 atom stereocenters. The molecule has 1 saturated heterocycles. The molecule has 1 aliphatic rings. The number of carbonyl (C=O) groups is 1. The van der Waals surface area contributed by atoms with E-state index in [0.29, 0.717) is 26.3 Å². The van der Waals surface area contributed by atoms with E-state index in [4.69, 9.17) is 4.74 Å². The number of ether oxygens (including phenoxy) is 1. The van der Waals surface area contributed by atoms with Crippen LogP contribution in [0.15, 0.2) is 0 Å². The van der Waals surface area contributed by atoms with E-state index in [1.54, 1.807) is 0 Å². The van der Waals surface area contributed by atoms with Crippen molar-refractivity contribution in [1.82, 2.24) is 4.90 Å². The molecule has 1 heterocycles. The van der Waals surface area contributed by atoms with Gasteiger partial charge in [-0.1, -0.05) is 0 Å². The molecule has 1 fully saturated rings. The fourth-order valence-electron chi connectivity index (χ4n) is 1.06. The van der Waals surface area contributed by atoms with E-state index in [2.05, 4.69) is 0 Å². The number of rotatable bonds is 2. The third-order valence-corrected chi connectivity index (χ3v) is 1.70. The minimum absolute atomic E-state index is 0.424. The molecule has 11 heavy (non-hydrogen) atoms. The molecule has 0 aromatic heterocycles. The van der Waals surface area contributed by atoms with Crippen molar-refractivity contribution in [2.75, 3.05) is 26.3 Å². The Hall–Kier alpha value is -0.480. The van der Waals surface area contributed by atoms with Gasteiger partial charge in [0.1, 0.15) is 0 Å². The number of morpholine rings is 1. The zero-order valence-corrected chi connectivity index (χ0v) is 6.55. The highest BCUT2D eigenvalue weighted by molar-refractivity contribution is 5.79. The van der Waals surface area contributed by atoms with Crippen LogP contribution in [0.5, 0.6) is 0 Å². The number of hydrogen-bond donors (Lipinski definition) is 0. The van der Waals surface area contributed by atoms with Crippen LogP contribution in [0.1, 0.15) is 6.92 Å². The largest absolute Gasteiger partial charge is 0.379 e. The van der Waals surface area contributed by atoms with Gasteiger partial charge in [0.25, 0.3) is 0 Å². The molecule has 0 saturated carbocycles. The average molecular weight is 161 g/mol. The molecule has 1 aliphatic heterocycles. The molecular formula is C7H12FNO2. The molecular weight excluding hydrogens is 149 g/mol. The maximum Gasteiger partial charge on any atom is 0.212 e. The smallest absolute Gasteiger partial charge is 0.212 e. The first kappa shape index (κ1) is 8.62. The fraction of sp³-hybridized carbons (Fsp3) is 0.857. The summed E-state index contributed by atoms with van der Waals surface area (Å²) in [4.78, 5) is 12.1. The Morgan fingerprint density at radius 2 is 2.09 bits per heavy atom. The van der Waals surface area contributed by atoms with Crippen LogP contribution in [-0.4, -0.2) is 43.3 Å². The number of hydrogen-bond acceptors (Lipinski definition) is 3. The Balaban J connectivity index is 2.38. The van der Waals surface area contributed by atoms with Gasteiger partial charge in [0.05, 0.1) is 13.2 Å². The van der Waals surface area contributed by atoms with Gasteiger partial charge in [-0.05, 0) is 6.92 Å². The van der Waals surface area contributed by atoms with Gasteiger partial charge < -0.3 is 4.74 Å². The number of ketones is 1. The van der Waals surface area contributed by atoms with Gasteiger partial charge in [-0.15, -0.1) is 0 Å². The van der Waals surface area contributed by atoms with Crippen molar-refractivity contribution in [3.05, 3.63) is 0 Å². The minimum atomic E-state index is -1.43. The summed E-state index contributed by atoms with van der Waals surface area (Å²) < 4.78 is 17.9. The van der Waals surface area contributed by atoms with Crippen LogP contribution in [0.4, 0.5) is 4.39 Å². The van der Waals surface area contributed by atoms with E-state index < -0.39 is 12.1 Å². The van der Waals surface area contributed by atoms with Crippen molar-refractivity contribution in [2.24, 2.45) is 0 Å². The van der Waals surface area contributed by atoms with E-state index >= 15 is 0 Å². The van der Waals surface area contributed by atoms with Gasteiger partial charge in [-0.3, -0.25) is 9.69 Å². The zero-order chi connectivity index (χ0) is 8.27. The third-order valence-electron chi connectivity index (χ3n) is 1.70. The molecule has 64 valence electrons. The van der Waals surface area contributed by atoms with Gasteiger partial charge in [-0.2, -0.15) is 0 Å². The molecule has 0 aliphatic carbocycles. The average Bonchev–Trinajstić information content (AvgIpc) is 2.05. The standard InChI is InChI=1S/C7H12FNO2/c1-6(10)7(8)9-2-4-11-5-3-9/h7H,2-5H2,1H3. The fourth-order valence-corrected chi connectivity index (χ4v) is 1.06. The molecule has 0 amide bonds. The number of alkyl halides is 1. The van der Waals surface area contributed by atoms with Gasteiger partial charge in [-0.25, -0.2) is 4.39 Å². The predicted molar refractivity (Wildman–Crippen MR) is 38.0 cm³/mol. The first-order valence-corrected chi connectivity index (χ1v) is 3.68. The molecule has 0 radical (unpaired) electrons. The summed E-state index contributed by atoms with van der Waals surface area (Å²) in [5.74, 6) is -0.424. The summed E-state index contributed by atoms with van der Waals surface area (Å²) >= 11 is 0. The lowest BCUT2D eigenvalue weighted by Gasteiger charge is -2.27. The summed E-state index contributed by atoms with van der Waals surface area (Å²) in [5.41, 5.74) is 0. The molecule has 0 spiro atoms. The number of carbonyl (C=O) groups excluding carboxylic acids is 1. The van der Waals surface area contributed by atoms with Crippen LogP contribution in [0, 0.1) is 0 Å². The molecule has 0 aromatic carbocycles. The summed E-state index contributed by atoms with van der Waals surface area (Å²) in [6.45, 7) is 3.34. The lowest BCUT2D eigenvalue weighted by atomic mass is 10.3. The van der Waals surface area contributed by atoms with Gasteiger partial charge in [0.15, 0.2) is 5.78 Å². The minimum Gasteiger partial charge on any atom is -0.379 e. The van der Waals surface area contributed by atoms with Crippen LogP contribution in [0.25, 0.3) is 0 Å². The van der Waals surface area contributed by atoms with Crippen molar-refractivity contribution < 1.29 is 13.9 Å². The van der Waals surface area contributed by atoms with E-state index in [1.807, 2.05) is 0 Å². The Morgan fingerprint density at radius 1 is 1.55 bits per heavy atom. The maximum absolute atomic E-state index is 12.9. The lowest BCUT2D eigenvalue weighted by molar-refractivity contribution is -0.131. The monoisotopic (exact) mass is 161 g/mol. The molecule has 0 N–H and O–H groups in total. The number of halogens is 1. The highest BCUT2D eigenvalue weighted by Crippen LogP contribution is 2.05. The SMILES string of the molecule is CC(=O)C(F)N1CCOCC1. The van der Waals surface area contributed by atoms with Crippen molar-refractivity contribution in [1.29, 1.82) is 0 Å². The summed E-state index contributed by atoms with van der Waals surface area (Å²) in [6, 6.07) is 0. The third kappa shape index (κ3) is 2.24. The topological polar surface area (TPSA) is 29.5 Å². The van der Waals surface area contributed by atoms with Crippen LogP contribution in [0.2, 0.25) is 0 Å². The second kappa shape index (κ2) is 3.78. The summed E-state index contributed by atoms with van der Waals surface area (Å²) in [6.07, 6.45) is -1.43. The van der Waals surface area contributed by atoms with Crippen molar-refractivity contribution in [2.45, 2.75) is 13.2 Å². The molecule has 1 rings (SSSR count). The quantitative estimate of drug-likeness (QED) is 0.542. The first-order valence-electron chi connectivity index (χ1n) is 3.68. The van der Waals surface area contributed by atoms with Gasteiger partial charge in [0, 0.05) is 13.1 Å². The molecule has 0 bridgehead atoms. The Morgan fingerprint density at radius 3 is 2.55 bits per heavy atom. The van der Waals surface area contributed by atoms with Crippen LogP contribution < -0.4 is 0 Å². The Bertz CT molecular complexity index is 145. The molecule has 0 aromatic rings. The number of Topliss-reactive ketones (excluding diaryl/α,β-unsaturated/α-hetero) is 1. The number of nitrogens with zero attached hydrogens (tertiary/aromatic N) is 1. The van der Waals surface area contributed by atoms with E-state index in [1.165, 1.54) is 11.8 Å². The lowest BCUT2D eigenvalue weighted by Crippen LogP contribution is -2.44. The molecule has 4 heteroatoms. The molecule has 3 nitrogen and oxygen atoms in total. The summed E-state index contributed by atoms with van der Waals surface area (Å²) in [7, 11) is 0. The van der Waals surface area contributed by atoms with Gasteiger partial charge >= 0.3 is 0 Å². The van der Waals surface area contributed by atoms with E-state index in [9.17, 15) is 9.18 Å². The van der Waals surface area contributed by atoms with Gasteiger partial charge in [0.2, 0.25) is 6.30 Å². The van der Waals surface area contributed by atoms with Crippen LogP contribution in [0.3, 0.4) is 0 Å². The normalized spacial score (nSPS) is 23.1. The maximum atomic E-state index is 12.9. The summed E-state index contributed by atoms with van der Waals surface area (Å²) in [5, 5.41) is 0. The Kier molecular flexibility index (Phi) is 2.96. The first-order chi connectivity index (χ1) is 5.22. The van der Waals surface area contributed by atoms with Crippen molar-refractivity contribution in [3.8, 4) is 0 Å². The van der Waals surface area contributed by atoms with Crippen molar-refractivity contribution >= 4 is 5.78 Å². The van der Waals surface area contributed by atoms with Crippen LogP contribution >= 0.6 is 0 Å². The van der Waals surface area contributed by atoms with Crippen LogP contribution in [-0.2, 0) is 9.53 Å². The van der Waals surface area contributed by atoms with E-state index in [-0.39, 0.29) is 0 Å². The highest BCUT2D eigenvalue weighted by atomic mass is 19.1.